The molecule has 148 heavy (non-hydrogen) atoms. The SMILES string of the molecule is CC1(C)c2ccccc2-c2ccc(-c3cc4nc(-c5ccc(-c6cccnc6)cc5)c(-c5ccc(-c6cccnc6)cc5)nc4cc3-c3ccc4c(c3)C(C)(C)c3ccccc3-4)cc21.c1ccc(C2(c3ccccc3)c3ccccc3-c3ccc(-c4cc5nc(-c6ccc(-c7ccccn7)cc6)c(-c6ccc(-c7ccccn7)cc6)nc5cc4-c4ccc5c(c4)C(c4ccccc4)(c4ccccc4)c4ccccc4-5)cc32)cc1. The minimum atomic E-state index is -0.596. The summed E-state index contributed by atoms with van der Waals surface area (Å²) in [5, 5.41) is 0. The molecule has 0 fully saturated rings. The zero-order valence-corrected chi connectivity index (χ0v) is 82.1. The Morgan fingerprint density at radius 3 is 0.689 bits per heavy atom. The van der Waals surface area contributed by atoms with Gasteiger partial charge in [0.2, 0.25) is 0 Å². The third kappa shape index (κ3) is 14.6. The average Bonchev–Trinajstić information content (AvgIpc) is 1.53. The zero-order valence-electron chi connectivity index (χ0n) is 82.1. The number of hydrogen-bond acceptors (Lipinski definition) is 8. The summed E-state index contributed by atoms with van der Waals surface area (Å²) in [7, 11) is 0. The van der Waals surface area contributed by atoms with Gasteiger partial charge in [-0.1, -0.05) is 416 Å². The van der Waals surface area contributed by atoms with Crippen molar-refractivity contribution in [2.75, 3.05) is 0 Å². The maximum Gasteiger partial charge on any atom is 0.0973 e. The van der Waals surface area contributed by atoms with E-state index in [1.807, 2.05) is 73.3 Å². The van der Waals surface area contributed by atoms with E-state index in [0.29, 0.717) is 0 Å². The normalized spacial score (nSPS) is 13.5. The van der Waals surface area contributed by atoms with Crippen LogP contribution in [0.15, 0.2) is 510 Å². The van der Waals surface area contributed by atoms with E-state index < -0.39 is 10.8 Å². The molecule has 0 saturated carbocycles. The molecule has 28 rings (SSSR count). The summed E-state index contributed by atoms with van der Waals surface area (Å²) < 4.78 is 0. The van der Waals surface area contributed by atoms with Crippen LogP contribution in [0.1, 0.15) is 94.5 Å². The smallest absolute Gasteiger partial charge is 0.0973 e. The van der Waals surface area contributed by atoms with Crippen molar-refractivity contribution >= 4 is 22.1 Å². The lowest BCUT2D eigenvalue weighted by Crippen LogP contribution is -2.28. The van der Waals surface area contributed by atoms with E-state index in [4.69, 9.17) is 19.9 Å². The molecular weight excluding hydrogens is 1790 g/mol. The predicted molar refractivity (Wildman–Crippen MR) is 605 cm³/mol. The fraction of sp³-hybridized carbons (Fsp3) is 0.0571. The number of aromatic nitrogens is 8. The summed E-state index contributed by atoms with van der Waals surface area (Å²) in [5.41, 5.74) is 51.6. The molecule has 18 aromatic carbocycles. The van der Waals surface area contributed by atoms with Gasteiger partial charge in [0.05, 0.1) is 67.1 Å². The molecule has 696 valence electrons. The molecule has 0 unspecified atom stereocenters. The lowest BCUT2D eigenvalue weighted by molar-refractivity contribution is 0.660. The molecule has 4 aliphatic rings. The van der Waals surface area contributed by atoms with E-state index in [2.05, 4.69) is 472 Å². The van der Waals surface area contributed by atoms with Crippen LogP contribution in [-0.2, 0) is 21.7 Å². The van der Waals surface area contributed by atoms with E-state index in [-0.39, 0.29) is 10.8 Å². The molecule has 0 amide bonds. The van der Waals surface area contributed by atoms with Crippen LogP contribution in [0.5, 0.6) is 0 Å². The molecule has 0 N–H and O–H groups in total. The molecule has 0 aliphatic heterocycles. The van der Waals surface area contributed by atoms with Gasteiger partial charge in [-0.3, -0.25) is 19.9 Å². The molecule has 6 heterocycles. The van der Waals surface area contributed by atoms with Crippen LogP contribution in [0.3, 0.4) is 0 Å². The second kappa shape index (κ2) is 35.7. The van der Waals surface area contributed by atoms with Crippen molar-refractivity contribution in [3.63, 3.8) is 0 Å². The molecule has 6 aromatic heterocycles. The highest BCUT2D eigenvalue weighted by molar-refractivity contribution is 6.02. The number of hydrogen-bond donors (Lipinski definition) is 0. The van der Waals surface area contributed by atoms with Crippen molar-refractivity contribution in [2.45, 2.75) is 49.4 Å². The first-order chi connectivity index (χ1) is 72.9. The van der Waals surface area contributed by atoms with Gasteiger partial charge in [0.1, 0.15) is 0 Å². The van der Waals surface area contributed by atoms with Crippen LogP contribution in [-0.4, -0.2) is 39.9 Å². The fourth-order valence-corrected chi connectivity index (χ4v) is 24.3. The van der Waals surface area contributed by atoms with E-state index in [9.17, 15) is 0 Å². The largest absolute Gasteiger partial charge is 0.264 e. The van der Waals surface area contributed by atoms with E-state index in [0.717, 1.165) is 145 Å². The Morgan fingerprint density at radius 1 is 0.155 bits per heavy atom. The van der Waals surface area contributed by atoms with E-state index >= 15 is 0 Å². The van der Waals surface area contributed by atoms with Crippen LogP contribution in [0, 0.1) is 0 Å². The topological polar surface area (TPSA) is 103 Å². The number of pyridine rings is 4. The van der Waals surface area contributed by atoms with Gasteiger partial charge in [0.15, 0.2) is 0 Å². The molecule has 8 heteroatoms. The van der Waals surface area contributed by atoms with Gasteiger partial charge in [-0.2, -0.15) is 0 Å². The second-order valence-corrected chi connectivity index (χ2v) is 40.3. The molecule has 0 atom stereocenters. The maximum atomic E-state index is 5.75. The first kappa shape index (κ1) is 88.2. The van der Waals surface area contributed by atoms with E-state index in [1.165, 1.54) is 122 Å². The highest BCUT2D eigenvalue weighted by atomic mass is 14.8. The van der Waals surface area contributed by atoms with Crippen LogP contribution < -0.4 is 0 Å². The van der Waals surface area contributed by atoms with Gasteiger partial charge in [-0.25, -0.2) is 19.9 Å². The average molecular weight is 1890 g/mol. The van der Waals surface area contributed by atoms with Gasteiger partial charge >= 0.3 is 0 Å². The van der Waals surface area contributed by atoms with Crippen molar-refractivity contribution in [1.82, 2.24) is 39.9 Å². The van der Waals surface area contributed by atoms with Gasteiger partial charge in [-0.15, -0.1) is 0 Å². The third-order valence-electron chi connectivity index (χ3n) is 31.5. The van der Waals surface area contributed by atoms with Crippen LogP contribution in [0.4, 0.5) is 0 Å². The Kier molecular flexibility index (Phi) is 21.3. The van der Waals surface area contributed by atoms with Gasteiger partial charge in [-0.05, 0) is 263 Å². The minimum absolute atomic E-state index is 0.140. The molecule has 0 saturated heterocycles. The molecule has 24 aromatic rings. The first-order valence-electron chi connectivity index (χ1n) is 50.8. The Morgan fingerprint density at radius 2 is 0.399 bits per heavy atom. The molecule has 8 nitrogen and oxygen atoms in total. The minimum Gasteiger partial charge on any atom is -0.264 e. The van der Waals surface area contributed by atoms with Crippen molar-refractivity contribution in [3.8, 4) is 179 Å². The van der Waals surface area contributed by atoms with E-state index in [1.54, 1.807) is 12.4 Å². The molecule has 0 radical (unpaired) electrons. The summed E-state index contributed by atoms with van der Waals surface area (Å²) in [6, 6.07) is 172. The van der Waals surface area contributed by atoms with Crippen molar-refractivity contribution in [3.05, 3.63) is 577 Å². The van der Waals surface area contributed by atoms with Gasteiger partial charge in [0.25, 0.3) is 0 Å². The van der Waals surface area contributed by atoms with Crippen LogP contribution >= 0.6 is 0 Å². The summed E-state index contributed by atoms with van der Waals surface area (Å²) in [6.45, 7) is 9.41. The Bertz CT molecular complexity index is 8690. The predicted octanol–water partition coefficient (Wildman–Crippen LogP) is 34.2. The monoisotopic (exact) mass is 1890 g/mol. The second-order valence-electron chi connectivity index (χ2n) is 40.3. The van der Waals surface area contributed by atoms with Crippen LogP contribution in [0.25, 0.3) is 201 Å². The zero-order chi connectivity index (χ0) is 98.8. The highest BCUT2D eigenvalue weighted by Gasteiger charge is 2.49. The molecule has 0 bridgehead atoms. The van der Waals surface area contributed by atoms with Crippen molar-refractivity contribution in [2.24, 2.45) is 0 Å². The van der Waals surface area contributed by atoms with Crippen LogP contribution in [0.2, 0.25) is 0 Å². The standard InChI is InChI=1S/C80H52N4.C60H44N4/c1-5-21-59(22-6-1)79(60-23-7-2-8-24-60)69-31-15-13-29-63(69)65-45-43-57(49-71(65)79)67-51-75-76(52-68(67)58-44-46-66-64-30-14-16-32-70(64)80(72(66)50-58,61-25-9-3-10-26-61)62-27-11-4-12-28-62)84-78(56-41-37-54(38-42-56)74-34-18-20-48-82-74)77(83-75)55-39-35-53(36-40-55)73-33-17-19-47-81-73;1-59(2)51-15-7-5-13-45(51)47-27-25-41(31-53(47)59)49-33-55-56(34-50(49)42-26-28-48-46-14-6-8-16-52(46)60(3,4)54(48)32-42)64-58(40-23-19-38(20-24-40)44-12-10-30-62-36-44)57(63-55)39-21-17-37(18-22-39)43-11-9-29-61-35-43/h1-52H;5-36H,1-4H3. The third-order valence-corrected chi connectivity index (χ3v) is 31.5. The quantitative estimate of drug-likeness (QED) is 0.0943. The van der Waals surface area contributed by atoms with Crippen molar-refractivity contribution in [1.29, 1.82) is 0 Å². The summed E-state index contributed by atoms with van der Waals surface area (Å²) in [5.74, 6) is 0. The molecular formula is C140H96N8. The number of rotatable bonds is 16. The summed E-state index contributed by atoms with van der Waals surface area (Å²) in [6.07, 6.45) is 11.1. The number of nitrogens with zero attached hydrogens (tertiary/aromatic N) is 8. The van der Waals surface area contributed by atoms with Crippen molar-refractivity contribution < 1.29 is 0 Å². The van der Waals surface area contributed by atoms with Gasteiger partial charge < -0.3 is 0 Å². The number of benzene rings is 18. The molecule has 0 spiro atoms. The lowest BCUT2D eigenvalue weighted by atomic mass is 9.67. The highest BCUT2D eigenvalue weighted by Crippen LogP contribution is 2.61. The van der Waals surface area contributed by atoms with Gasteiger partial charge in [0, 0.05) is 81.4 Å². The Hall–Kier alpha value is -18.8. The number of fused-ring (bicyclic) bond motifs is 14. The Balaban J connectivity index is 0.000000152. The first-order valence-corrected chi connectivity index (χ1v) is 50.8. The lowest BCUT2D eigenvalue weighted by Gasteiger charge is -2.34. The fourth-order valence-electron chi connectivity index (χ4n) is 24.3. The molecule has 4 aliphatic carbocycles. The maximum absolute atomic E-state index is 5.75. The Labute approximate surface area is 861 Å². The summed E-state index contributed by atoms with van der Waals surface area (Å²) in [4.78, 5) is 40.7. The summed E-state index contributed by atoms with van der Waals surface area (Å²) >= 11 is 0.